The largest absolute Gasteiger partial charge is 0.481 e. The van der Waals surface area contributed by atoms with Gasteiger partial charge in [0.05, 0.1) is 23.7 Å². The van der Waals surface area contributed by atoms with Crippen molar-refractivity contribution >= 4 is 5.97 Å². The number of carbonyl (C=O) groups is 1. The number of carboxylic acids is 1. The van der Waals surface area contributed by atoms with Gasteiger partial charge in [0.1, 0.15) is 0 Å². The lowest BCUT2D eigenvalue weighted by Gasteiger charge is -2.35. The Morgan fingerprint density at radius 3 is 2.65 bits per heavy atom. The Morgan fingerprint density at radius 1 is 1.18 bits per heavy atom. The maximum absolute atomic E-state index is 12.1. The number of hydrogen-bond acceptors (Lipinski definition) is 5. The van der Waals surface area contributed by atoms with Crippen molar-refractivity contribution in [1.82, 2.24) is 10.3 Å². The molecule has 228 valence electrons. The number of hydrogen-bond donors (Lipinski definition) is 6. The van der Waals surface area contributed by atoms with Crippen LogP contribution in [-0.4, -0.2) is 62.8 Å². The minimum Gasteiger partial charge on any atom is -0.481 e. The fourth-order valence-electron chi connectivity index (χ4n) is 7.27. The highest BCUT2D eigenvalue weighted by Crippen LogP contribution is 2.43. The minimum absolute atomic E-state index is 0.193. The third-order valence-corrected chi connectivity index (χ3v) is 9.73. The van der Waals surface area contributed by atoms with E-state index in [1.54, 1.807) is 0 Å². The van der Waals surface area contributed by atoms with Crippen LogP contribution in [0.1, 0.15) is 102 Å². The van der Waals surface area contributed by atoms with E-state index in [0.717, 1.165) is 51.4 Å². The zero-order chi connectivity index (χ0) is 29.0. The van der Waals surface area contributed by atoms with E-state index < -0.39 is 23.6 Å². The summed E-state index contributed by atoms with van der Waals surface area (Å²) in [5.41, 5.74) is 0.350. The zero-order valence-corrected chi connectivity index (χ0v) is 24.9. The molecule has 1 aromatic rings. The van der Waals surface area contributed by atoms with Crippen molar-refractivity contribution in [1.29, 1.82) is 0 Å². The van der Waals surface area contributed by atoms with E-state index in [1.165, 1.54) is 24.8 Å². The molecule has 0 radical (unpaired) electrons. The molecule has 40 heavy (non-hydrogen) atoms. The Kier molecular flexibility index (Phi) is 13.7. The van der Waals surface area contributed by atoms with Gasteiger partial charge in [0.2, 0.25) is 0 Å². The second kappa shape index (κ2) is 16.7. The normalized spacial score (nSPS) is 28.9. The van der Waals surface area contributed by atoms with Crippen LogP contribution in [-0.2, 0) is 11.2 Å². The molecule has 8 atom stereocenters. The van der Waals surface area contributed by atoms with Crippen LogP contribution >= 0.6 is 0 Å². The first-order valence-corrected chi connectivity index (χ1v) is 16.0. The number of carboxylic acid groups (broad SMARTS) is 1. The number of rotatable bonds is 19. The van der Waals surface area contributed by atoms with Crippen molar-refractivity contribution < 1.29 is 25.2 Å². The van der Waals surface area contributed by atoms with Gasteiger partial charge in [0.15, 0.2) is 0 Å². The molecule has 1 saturated carbocycles. The number of allylic oxidation sites excluding steroid dienone is 1. The summed E-state index contributed by atoms with van der Waals surface area (Å²) in [6, 6.07) is 2.07. The van der Waals surface area contributed by atoms with Crippen LogP contribution in [0.5, 0.6) is 0 Å². The second-order valence-corrected chi connectivity index (χ2v) is 12.9. The molecule has 1 aromatic heterocycles. The Balaban J connectivity index is 1.43. The van der Waals surface area contributed by atoms with Gasteiger partial charge in [-0.15, -0.1) is 0 Å². The highest BCUT2D eigenvalue weighted by molar-refractivity contribution is 5.70. The van der Waals surface area contributed by atoms with Crippen LogP contribution in [0.15, 0.2) is 30.6 Å². The van der Waals surface area contributed by atoms with Crippen LogP contribution in [0.25, 0.3) is 0 Å². The van der Waals surface area contributed by atoms with Crippen molar-refractivity contribution in [3.05, 3.63) is 36.2 Å². The molecule has 0 saturated heterocycles. The van der Waals surface area contributed by atoms with Crippen molar-refractivity contribution in [2.75, 3.05) is 13.6 Å². The number of nitrogens with one attached hydrogen (secondary N) is 2. The highest BCUT2D eigenvalue weighted by Gasteiger charge is 2.44. The van der Waals surface area contributed by atoms with Crippen molar-refractivity contribution in [2.45, 2.75) is 121 Å². The molecule has 0 aliphatic heterocycles. The van der Waals surface area contributed by atoms with Gasteiger partial charge in [-0.3, -0.25) is 4.79 Å². The van der Waals surface area contributed by atoms with Crippen LogP contribution < -0.4 is 5.32 Å². The molecule has 3 rings (SSSR count). The quantitative estimate of drug-likeness (QED) is 0.0986. The lowest BCUT2D eigenvalue weighted by Crippen LogP contribution is -2.44. The molecule has 7 nitrogen and oxygen atoms in total. The Hall–Kier alpha value is -1.67. The van der Waals surface area contributed by atoms with Crippen molar-refractivity contribution in [2.24, 2.45) is 29.6 Å². The van der Waals surface area contributed by atoms with Gasteiger partial charge >= 0.3 is 5.97 Å². The average Bonchev–Trinajstić information content (AvgIpc) is 3.57. The van der Waals surface area contributed by atoms with Gasteiger partial charge in [0.25, 0.3) is 0 Å². The molecule has 2 aliphatic carbocycles. The summed E-state index contributed by atoms with van der Waals surface area (Å²) in [5, 5.41) is 46.3. The number of unbranched alkanes of at least 4 members (excludes halogenated alkanes) is 4. The Morgan fingerprint density at radius 2 is 1.98 bits per heavy atom. The summed E-state index contributed by atoms with van der Waals surface area (Å²) in [5.74, 6) is -0.912. The van der Waals surface area contributed by atoms with Crippen LogP contribution in [0.4, 0.5) is 0 Å². The Bertz CT molecular complexity index is 874. The van der Waals surface area contributed by atoms with Crippen molar-refractivity contribution in [3.63, 3.8) is 0 Å². The van der Waals surface area contributed by atoms with Crippen LogP contribution in [0.2, 0.25) is 0 Å². The minimum atomic E-state index is -0.989. The standard InChI is InChI=1S/C33H56N2O5/c1-3-4-6-9-24-12-13-27(30(36)19-24)10-7-5-8-11-29(32(38)39)31(37)20-28(23-34-2)33(40)16-14-25(21-33)18-26-15-17-35-22-26/h12-13,15,17,22,24-25,27-31,34-37,40H,3-11,14,16,18-21,23H2,1-2H3,(H,38,39). The molecule has 0 spiro atoms. The molecule has 7 heteroatoms. The summed E-state index contributed by atoms with van der Waals surface area (Å²) in [4.78, 5) is 15.2. The average molecular weight is 561 g/mol. The molecule has 1 fully saturated rings. The van der Waals surface area contributed by atoms with E-state index in [9.17, 15) is 25.2 Å². The summed E-state index contributed by atoms with van der Waals surface area (Å²) >= 11 is 0. The van der Waals surface area contributed by atoms with E-state index >= 15 is 0 Å². The SMILES string of the molecule is CCCCCC1C=CC(CCCCCC(C(=O)O)C(O)CC(CNC)C2(O)CCC(Cc3cc[nH]c3)C2)C(O)C1. The molecule has 0 aromatic carbocycles. The van der Waals surface area contributed by atoms with E-state index in [4.69, 9.17) is 0 Å². The summed E-state index contributed by atoms with van der Waals surface area (Å²) in [6.45, 7) is 2.76. The molecular weight excluding hydrogens is 504 g/mol. The number of aliphatic hydroxyl groups excluding tert-OH is 2. The predicted octanol–water partition coefficient (Wildman–Crippen LogP) is 5.46. The molecule has 0 amide bonds. The van der Waals surface area contributed by atoms with Gasteiger partial charge in [0, 0.05) is 30.8 Å². The zero-order valence-electron chi connectivity index (χ0n) is 24.9. The topological polar surface area (TPSA) is 126 Å². The summed E-state index contributed by atoms with van der Waals surface area (Å²) in [7, 11) is 1.84. The first-order chi connectivity index (χ1) is 19.3. The third-order valence-electron chi connectivity index (χ3n) is 9.73. The van der Waals surface area contributed by atoms with Crippen LogP contribution in [0, 0.1) is 29.6 Å². The highest BCUT2D eigenvalue weighted by atomic mass is 16.4. The second-order valence-electron chi connectivity index (χ2n) is 12.9. The van der Waals surface area contributed by atoms with Crippen LogP contribution in [0.3, 0.4) is 0 Å². The molecule has 0 bridgehead atoms. The number of aliphatic carboxylic acids is 1. The first kappa shape index (κ1) is 32.8. The first-order valence-electron chi connectivity index (χ1n) is 16.0. The van der Waals surface area contributed by atoms with Gasteiger partial charge in [-0.1, -0.05) is 57.6 Å². The number of aliphatic hydroxyl groups is 3. The molecule has 1 heterocycles. The van der Waals surface area contributed by atoms with Gasteiger partial charge in [-0.05, 0) is 88.3 Å². The lowest BCUT2D eigenvalue weighted by atomic mass is 9.78. The summed E-state index contributed by atoms with van der Waals surface area (Å²) < 4.78 is 0. The number of H-pyrrole nitrogens is 1. The maximum atomic E-state index is 12.1. The van der Waals surface area contributed by atoms with Gasteiger partial charge in [-0.2, -0.15) is 0 Å². The molecule has 2 aliphatic rings. The van der Waals surface area contributed by atoms with Crippen molar-refractivity contribution in [3.8, 4) is 0 Å². The predicted molar refractivity (Wildman–Crippen MR) is 160 cm³/mol. The summed E-state index contributed by atoms with van der Waals surface area (Å²) in [6.07, 6.45) is 20.3. The smallest absolute Gasteiger partial charge is 0.309 e. The molecule has 6 N–H and O–H groups in total. The fourth-order valence-corrected chi connectivity index (χ4v) is 7.27. The van der Waals surface area contributed by atoms with E-state index in [2.05, 4.69) is 35.4 Å². The van der Waals surface area contributed by atoms with E-state index in [-0.39, 0.29) is 24.4 Å². The van der Waals surface area contributed by atoms with Gasteiger partial charge < -0.3 is 30.7 Å². The molecular formula is C33H56N2O5. The fraction of sp³-hybridized carbons (Fsp3) is 0.788. The van der Waals surface area contributed by atoms with E-state index in [1.807, 2.05) is 19.4 Å². The number of aromatic amines is 1. The maximum Gasteiger partial charge on any atom is 0.309 e. The monoisotopic (exact) mass is 560 g/mol. The lowest BCUT2D eigenvalue weighted by molar-refractivity contribution is -0.147. The number of aromatic nitrogens is 1. The molecule has 8 unspecified atom stereocenters. The van der Waals surface area contributed by atoms with Gasteiger partial charge in [-0.25, -0.2) is 0 Å². The Labute approximate surface area is 241 Å². The van der Waals surface area contributed by atoms with E-state index in [0.29, 0.717) is 37.6 Å². The third kappa shape index (κ3) is 10.0.